The highest BCUT2D eigenvalue weighted by molar-refractivity contribution is 7.21. The lowest BCUT2D eigenvalue weighted by molar-refractivity contribution is 0.0996. The van der Waals surface area contributed by atoms with Crippen LogP contribution in [0.25, 0.3) is 21.0 Å². The van der Waals surface area contributed by atoms with Gasteiger partial charge < -0.3 is 14.2 Å². The number of pyridine rings is 1. The Hall–Kier alpha value is -2.83. The molecule has 7 heteroatoms. The van der Waals surface area contributed by atoms with E-state index in [-0.39, 0.29) is 11.5 Å². The molecule has 0 aliphatic rings. The standard InChI is InChI=1S/C22H19ClN2O3S/c1-4-25-16-8-6-5-7-14(16)20-15(21(25)26)12-19(29-20)22(27)24(2)17-11-13(23)9-10-18(17)28-3/h5-12H,4H2,1-3H3. The molecule has 2 aromatic heterocycles. The lowest BCUT2D eigenvalue weighted by Gasteiger charge is -2.19. The third-order valence-electron chi connectivity index (χ3n) is 4.98. The first-order valence-corrected chi connectivity index (χ1v) is 10.3. The van der Waals surface area contributed by atoms with E-state index in [2.05, 4.69) is 0 Å². The van der Waals surface area contributed by atoms with Gasteiger partial charge in [-0.05, 0) is 37.3 Å². The molecule has 4 aromatic rings. The molecule has 0 saturated heterocycles. The van der Waals surface area contributed by atoms with Crippen molar-refractivity contribution in [2.75, 3.05) is 19.1 Å². The van der Waals surface area contributed by atoms with Gasteiger partial charge in [0.2, 0.25) is 0 Å². The van der Waals surface area contributed by atoms with Crippen molar-refractivity contribution in [2.24, 2.45) is 0 Å². The second kappa shape index (κ2) is 7.54. The highest BCUT2D eigenvalue weighted by atomic mass is 35.5. The smallest absolute Gasteiger partial charge is 0.268 e. The number of thiophene rings is 1. The van der Waals surface area contributed by atoms with Crippen LogP contribution in [0.1, 0.15) is 16.6 Å². The van der Waals surface area contributed by atoms with E-state index >= 15 is 0 Å². The SMILES string of the molecule is CCn1c(=O)c2cc(C(=O)N(C)c3cc(Cl)ccc3OC)sc2c2ccccc21. The topological polar surface area (TPSA) is 51.5 Å². The van der Waals surface area contributed by atoms with Crippen molar-refractivity contribution in [1.82, 2.24) is 4.57 Å². The number of aromatic nitrogens is 1. The number of nitrogens with zero attached hydrogens (tertiary/aromatic N) is 2. The largest absolute Gasteiger partial charge is 0.495 e. The number of aryl methyl sites for hydroxylation is 1. The minimum atomic E-state index is -0.224. The van der Waals surface area contributed by atoms with E-state index in [0.717, 1.165) is 15.6 Å². The van der Waals surface area contributed by atoms with Crippen LogP contribution in [-0.2, 0) is 6.54 Å². The van der Waals surface area contributed by atoms with Crippen molar-refractivity contribution in [3.05, 3.63) is 68.8 Å². The van der Waals surface area contributed by atoms with Gasteiger partial charge >= 0.3 is 0 Å². The number of rotatable bonds is 4. The molecule has 0 N–H and O–H groups in total. The molecular formula is C22H19ClN2O3S. The zero-order chi connectivity index (χ0) is 20.7. The van der Waals surface area contributed by atoms with Crippen LogP contribution in [0.2, 0.25) is 5.02 Å². The van der Waals surface area contributed by atoms with Gasteiger partial charge in [0.05, 0.1) is 28.6 Å². The maximum atomic E-state index is 13.2. The van der Waals surface area contributed by atoms with E-state index < -0.39 is 0 Å². The summed E-state index contributed by atoms with van der Waals surface area (Å²) in [7, 11) is 3.22. The molecule has 0 radical (unpaired) electrons. The molecular weight excluding hydrogens is 408 g/mol. The van der Waals surface area contributed by atoms with Crippen molar-refractivity contribution >= 4 is 55.5 Å². The minimum absolute atomic E-state index is 0.0838. The average molecular weight is 427 g/mol. The van der Waals surface area contributed by atoms with E-state index in [9.17, 15) is 9.59 Å². The Morgan fingerprint density at radius 2 is 1.93 bits per heavy atom. The fourth-order valence-corrected chi connectivity index (χ4v) is 4.85. The third-order valence-corrected chi connectivity index (χ3v) is 6.37. The van der Waals surface area contributed by atoms with Gasteiger partial charge in [0.25, 0.3) is 11.5 Å². The van der Waals surface area contributed by atoms with Crippen LogP contribution in [0.3, 0.4) is 0 Å². The van der Waals surface area contributed by atoms with Gasteiger partial charge in [0.1, 0.15) is 5.75 Å². The summed E-state index contributed by atoms with van der Waals surface area (Å²) >= 11 is 7.45. The van der Waals surface area contributed by atoms with E-state index in [1.54, 1.807) is 43.0 Å². The van der Waals surface area contributed by atoms with Gasteiger partial charge in [-0.1, -0.05) is 29.8 Å². The van der Waals surface area contributed by atoms with Crippen LogP contribution < -0.4 is 15.2 Å². The summed E-state index contributed by atoms with van der Waals surface area (Å²) in [6.45, 7) is 2.51. The quantitative estimate of drug-likeness (QED) is 0.452. The van der Waals surface area contributed by atoms with Crippen LogP contribution in [0.15, 0.2) is 53.3 Å². The summed E-state index contributed by atoms with van der Waals surface area (Å²) in [6, 6.07) is 14.6. The molecule has 1 amide bonds. The summed E-state index contributed by atoms with van der Waals surface area (Å²) in [5.74, 6) is 0.323. The summed E-state index contributed by atoms with van der Waals surface area (Å²) < 4.78 is 7.93. The molecule has 0 atom stereocenters. The zero-order valence-electron chi connectivity index (χ0n) is 16.2. The Morgan fingerprint density at radius 1 is 1.17 bits per heavy atom. The van der Waals surface area contributed by atoms with E-state index in [1.807, 2.05) is 31.2 Å². The number of hydrogen-bond acceptors (Lipinski definition) is 4. The molecule has 0 bridgehead atoms. The number of benzene rings is 2. The van der Waals surface area contributed by atoms with Crippen LogP contribution in [0.4, 0.5) is 5.69 Å². The molecule has 0 saturated carbocycles. The number of carbonyl (C=O) groups is 1. The first-order chi connectivity index (χ1) is 14.0. The predicted octanol–water partition coefficient (Wildman–Crippen LogP) is 5.17. The number of hydrogen-bond donors (Lipinski definition) is 0. The Balaban J connectivity index is 1.88. The average Bonchev–Trinajstić information content (AvgIpc) is 3.19. The summed E-state index contributed by atoms with van der Waals surface area (Å²) in [5, 5.41) is 2.04. The number of halogens is 1. The lowest BCUT2D eigenvalue weighted by Crippen LogP contribution is -2.26. The molecule has 4 rings (SSSR count). The molecule has 148 valence electrons. The maximum absolute atomic E-state index is 13.2. The molecule has 0 aliphatic carbocycles. The van der Waals surface area contributed by atoms with Crippen molar-refractivity contribution in [2.45, 2.75) is 13.5 Å². The second-order valence-corrected chi connectivity index (χ2v) is 8.09. The van der Waals surface area contributed by atoms with Crippen LogP contribution >= 0.6 is 22.9 Å². The van der Waals surface area contributed by atoms with Gasteiger partial charge in [-0.25, -0.2) is 0 Å². The Labute approximate surface area is 176 Å². The highest BCUT2D eigenvalue weighted by Crippen LogP contribution is 2.34. The molecule has 0 fully saturated rings. The van der Waals surface area contributed by atoms with Gasteiger partial charge in [-0.3, -0.25) is 9.59 Å². The van der Waals surface area contributed by atoms with Gasteiger partial charge in [0, 0.05) is 28.7 Å². The second-order valence-electron chi connectivity index (χ2n) is 6.60. The van der Waals surface area contributed by atoms with Crippen molar-refractivity contribution in [3.63, 3.8) is 0 Å². The summed E-state index contributed by atoms with van der Waals surface area (Å²) in [5.41, 5.74) is 1.36. The highest BCUT2D eigenvalue weighted by Gasteiger charge is 2.22. The number of para-hydroxylation sites is 1. The number of ether oxygens (including phenoxy) is 1. The van der Waals surface area contributed by atoms with E-state index in [4.69, 9.17) is 16.3 Å². The number of anilines is 1. The first kappa shape index (κ1) is 19.5. The minimum Gasteiger partial charge on any atom is -0.495 e. The Morgan fingerprint density at radius 3 is 2.66 bits per heavy atom. The molecule has 0 spiro atoms. The Kier molecular flexibility index (Phi) is 5.06. The lowest BCUT2D eigenvalue weighted by atomic mass is 10.1. The Bertz CT molecular complexity index is 1310. The van der Waals surface area contributed by atoms with Crippen molar-refractivity contribution < 1.29 is 9.53 Å². The number of fused-ring (bicyclic) bond motifs is 3. The van der Waals surface area contributed by atoms with Crippen LogP contribution in [-0.4, -0.2) is 24.6 Å². The van der Waals surface area contributed by atoms with E-state index in [1.165, 1.54) is 16.2 Å². The maximum Gasteiger partial charge on any atom is 0.268 e. The molecule has 5 nitrogen and oxygen atoms in total. The fourth-order valence-electron chi connectivity index (χ4n) is 3.53. The number of carbonyl (C=O) groups excluding carboxylic acids is 1. The van der Waals surface area contributed by atoms with Crippen molar-refractivity contribution in [1.29, 1.82) is 0 Å². The van der Waals surface area contributed by atoms with Crippen LogP contribution in [0, 0.1) is 0 Å². The monoisotopic (exact) mass is 426 g/mol. The van der Waals surface area contributed by atoms with Crippen molar-refractivity contribution in [3.8, 4) is 5.75 Å². The van der Waals surface area contributed by atoms with Gasteiger partial charge in [-0.2, -0.15) is 0 Å². The van der Waals surface area contributed by atoms with Gasteiger partial charge in [0.15, 0.2) is 0 Å². The van der Waals surface area contributed by atoms with Crippen LogP contribution in [0.5, 0.6) is 5.75 Å². The number of methoxy groups -OCH3 is 1. The van der Waals surface area contributed by atoms with E-state index in [0.29, 0.717) is 33.3 Å². The molecule has 2 aromatic carbocycles. The molecule has 2 heterocycles. The first-order valence-electron chi connectivity index (χ1n) is 9.13. The zero-order valence-corrected chi connectivity index (χ0v) is 17.8. The van der Waals surface area contributed by atoms with Gasteiger partial charge in [-0.15, -0.1) is 11.3 Å². The summed E-state index contributed by atoms with van der Waals surface area (Å²) in [4.78, 5) is 28.2. The molecule has 0 aliphatic heterocycles. The molecule has 29 heavy (non-hydrogen) atoms. The third kappa shape index (κ3) is 3.18. The normalized spacial score (nSPS) is 11.2. The summed E-state index contributed by atoms with van der Waals surface area (Å²) in [6.07, 6.45) is 0. The fraction of sp³-hybridized carbons (Fsp3) is 0.182. The predicted molar refractivity (Wildman–Crippen MR) is 120 cm³/mol. The molecule has 0 unspecified atom stereocenters. The number of amides is 1.